The molecule has 8 heteroatoms. The van der Waals surface area contributed by atoms with Gasteiger partial charge >= 0.3 is 6.03 Å². The molecule has 0 aliphatic carbocycles. The molecule has 162 valence electrons. The molecule has 2 heterocycles. The van der Waals surface area contributed by atoms with Crippen molar-refractivity contribution in [1.82, 2.24) is 10.3 Å². The summed E-state index contributed by atoms with van der Waals surface area (Å²) in [6.07, 6.45) is 2.09. The van der Waals surface area contributed by atoms with Crippen LogP contribution < -0.4 is 15.5 Å². The quantitative estimate of drug-likeness (QED) is 0.581. The number of thioether (sulfide) groups is 1. The fraction of sp³-hybridized carbons (Fsp3) is 0.304. The Kier molecular flexibility index (Phi) is 6.76. The topological polar surface area (TPSA) is 70.4 Å². The Labute approximate surface area is 185 Å². The Hall–Kier alpha value is -3.00. The first-order valence-corrected chi connectivity index (χ1v) is 11.4. The van der Waals surface area contributed by atoms with Crippen LogP contribution in [0.3, 0.4) is 0 Å². The van der Waals surface area contributed by atoms with E-state index < -0.39 is 0 Å². The second kappa shape index (κ2) is 9.87. The second-order valence-electron chi connectivity index (χ2n) is 7.38. The summed E-state index contributed by atoms with van der Waals surface area (Å²) in [5, 5.41) is 5.76. The number of carbonyl (C=O) groups is 1. The van der Waals surface area contributed by atoms with Gasteiger partial charge in [0.25, 0.3) is 0 Å². The molecule has 1 aliphatic rings. The van der Waals surface area contributed by atoms with Crippen LogP contribution in [0.4, 0.5) is 20.6 Å². The molecule has 0 spiro atoms. The van der Waals surface area contributed by atoms with Gasteiger partial charge < -0.3 is 20.0 Å². The van der Waals surface area contributed by atoms with Crippen molar-refractivity contribution >= 4 is 29.2 Å². The highest BCUT2D eigenvalue weighted by atomic mass is 32.2. The Balaban J connectivity index is 1.26. The lowest BCUT2D eigenvalue weighted by Crippen LogP contribution is -2.32. The summed E-state index contributed by atoms with van der Waals surface area (Å²) in [6, 6.07) is 11.9. The van der Waals surface area contributed by atoms with Crippen LogP contribution in [-0.2, 0) is 6.42 Å². The van der Waals surface area contributed by atoms with Gasteiger partial charge in [0, 0.05) is 54.5 Å². The average molecular weight is 441 g/mol. The third kappa shape index (κ3) is 5.58. The van der Waals surface area contributed by atoms with Gasteiger partial charge in [0.15, 0.2) is 0 Å². The van der Waals surface area contributed by atoms with E-state index >= 15 is 0 Å². The summed E-state index contributed by atoms with van der Waals surface area (Å²) in [4.78, 5) is 19.1. The van der Waals surface area contributed by atoms with Gasteiger partial charge in [-0.05, 0) is 55.0 Å². The Morgan fingerprint density at radius 2 is 1.97 bits per heavy atom. The first kappa shape index (κ1) is 21.2. The third-order valence-corrected chi connectivity index (χ3v) is 6.09. The normalized spacial score (nSPS) is 13.8. The molecule has 3 aromatic rings. The van der Waals surface area contributed by atoms with E-state index in [4.69, 9.17) is 4.42 Å². The molecule has 4 rings (SSSR count). The van der Waals surface area contributed by atoms with Crippen LogP contribution in [0.1, 0.15) is 11.3 Å². The molecule has 2 aromatic carbocycles. The average Bonchev–Trinajstić information content (AvgIpc) is 3.25. The van der Waals surface area contributed by atoms with Crippen LogP contribution in [-0.4, -0.2) is 42.2 Å². The monoisotopic (exact) mass is 440 g/mol. The molecule has 0 bridgehead atoms. The highest BCUT2D eigenvalue weighted by Gasteiger charge is 2.13. The zero-order chi connectivity index (χ0) is 21.6. The lowest BCUT2D eigenvalue weighted by atomic mass is 10.1. The van der Waals surface area contributed by atoms with Crippen molar-refractivity contribution in [3.8, 4) is 11.5 Å². The number of benzene rings is 2. The lowest BCUT2D eigenvalue weighted by Gasteiger charge is -2.29. The van der Waals surface area contributed by atoms with Crippen LogP contribution in [0.25, 0.3) is 11.5 Å². The molecule has 0 saturated carbocycles. The lowest BCUT2D eigenvalue weighted by molar-refractivity contribution is 0.252. The largest absolute Gasteiger partial charge is 0.444 e. The van der Waals surface area contributed by atoms with Crippen molar-refractivity contribution in [1.29, 1.82) is 0 Å². The Morgan fingerprint density at radius 1 is 1.19 bits per heavy atom. The molecule has 6 nitrogen and oxygen atoms in total. The van der Waals surface area contributed by atoms with Crippen LogP contribution >= 0.6 is 11.8 Å². The summed E-state index contributed by atoms with van der Waals surface area (Å²) in [5.74, 6) is 2.43. The molecule has 1 aromatic heterocycles. The van der Waals surface area contributed by atoms with E-state index in [1.54, 1.807) is 18.4 Å². The van der Waals surface area contributed by atoms with Gasteiger partial charge in [0.1, 0.15) is 12.1 Å². The van der Waals surface area contributed by atoms with Gasteiger partial charge in [-0.1, -0.05) is 0 Å². The zero-order valence-corrected chi connectivity index (χ0v) is 18.2. The molecule has 0 radical (unpaired) electrons. The standard InChI is InChI=1S/C23H25FN4O2S/c1-16-14-20(28-10-12-31-13-11-28)6-7-21(16)27-23(29)25-9-8-19-15-30-22(26-19)17-2-4-18(24)5-3-17/h2-7,14-15H,8-13H2,1H3,(H2,25,27,29). The highest BCUT2D eigenvalue weighted by molar-refractivity contribution is 7.99. The van der Waals surface area contributed by atoms with E-state index in [-0.39, 0.29) is 11.8 Å². The van der Waals surface area contributed by atoms with E-state index in [0.29, 0.717) is 24.4 Å². The van der Waals surface area contributed by atoms with E-state index in [1.807, 2.05) is 24.8 Å². The first-order chi connectivity index (χ1) is 15.1. The molecular weight excluding hydrogens is 415 g/mol. The van der Waals surface area contributed by atoms with Crippen molar-refractivity contribution in [3.05, 3.63) is 65.8 Å². The fourth-order valence-corrected chi connectivity index (χ4v) is 4.33. The maximum Gasteiger partial charge on any atom is 0.319 e. The van der Waals surface area contributed by atoms with Gasteiger partial charge in [0.05, 0.1) is 5.69 Å². The highest BCUT2D eigenvalue weighted by Crippen LogP contribution is 2.25. The minimum atomic E-state index is -0.304. The number of amides is 2. The minimum Gasteiger partial charge on any atom is -0.444 e. The number of aromatic nitrogens is 1. The summed E-state index contributed by atoms with van der Waals surface area (Å²) >= 11 is 1.98. The molecule has 1 fully saturated rings. The van der Waals surface area contributed by atoms with Crippen molar-refractivity contribution in [2.75, 3.05) is 41.4 Å². The van der Waals surface area contributed by atoms with E-state index in [9.17, 15) is 9.18 Å². The van der Waals surface area contributed by atoms with E-state index in [2.05, 4.69) is 32.7 Å². The predicted molar refractivity (Wildman–Crippen MR) is 123 cm³/mol. The van der Waals surface area contributed by atoms with E-state index in [1.165, 1.54) is 17.8 Å². The van der Waals surface area contributed by atoms with Crippen LogP contribution in [0.2, 0.25) is 0 Å². The molecule has 0 unspecified atom stereocenters. The first-order valence-electron chi connectivity index (χ1n) is 10.3. The van der Waals surface area contributed by atoms with Gasteiger partial charge in [-0.2, -0.15) is 11.8 Å². The van der Waals surface area contributed by atoms with Crippen molar-refractivity contribution in [2.45, 2.75) is 13.3 Å². The van der Waals surface area contributed by atoms with Crippen molar-refractivity contribution in [2.24, 2.45) is 0 Å². The van der Waals surface area contributed by atoms with Crippen LogP contribution in [0.15, 0.2) is 53.1 Å². The van der Waals surface area contributed by atoms with Gasteiger partial charge in [-0.15, -0.1) is 0 Å². The maximum atomic E-state index is 13.0. The van der Waals surface area contributed by atoms with Crippen molar-refractivity contribution < 1.29 is 13.6 Å². The summed E-state index contributed by atoms with van der Waals surface area (Å²) in [6.45, 7) is 4.54. The summed E-state index contributed by atoms with van der Waals surface area (Å²) in [7, 11) is 0. The predicted octanol–water partition coefficient (Wildman–Crippen LogP) is 4.71. The van der Waals surface area contributed by atoms with Gasteiger partial charge in [0.2, 0.25) is 5.89 Å². The number of halogens is 1. The number of carbonyl (C=O) groups excluding carboxylic acids is 1. The number of rotatable bonds is 6. The number of urea groups is 1. The summed E-state index contributed by atoms with van der Waals surface area (Å²) < 4.78 is 18.5. The SMILES string of the molecule is Cc1cc(N2CCSCC2)ccc1NC(=O)NCCc1coc(-c2ccc(F)cc2)n1. The molecular formula is C23H25FN4O2S. The van der Waals surface area contributed by atoms with Crippen LogP contribution in [0, 0.1) is 12.7 Å². The zero-order valence-electron chi connectivity index (χ0n) is 17.4. The molecule has 1 saturated heterocycles. The summed E-state index contributed by atoms with van der Waals surface area (Å²) in [5.41, 5.74) is 4.46. The molecule has 2 amide bonds. The molecule has 1 aliphatic heterocycles. The fourth-order valence-electron chi connectivity index (χ4n) is 3.42. The number of aryl methyl sites for hydroxylation is 1. The number of nitrogens with one attached hydrogen (secondary N) is 2. The number of anilines is 2. The molecule has 0 atom stereocenters. The van der Waals surface area contributed by atoms with Crippen molar-refractivity contribution in [3.63, 3.8) is 0 Å². The maximum absolute atomic E-state index is 13.0. The number of nitrogens with zero attached hydrogens (tertiary/aromatic N) is 2. The Morgan fingerprint density at radius 3 is 2.71 bits per heavy atom. The third-order valence-electron chi connectivity index (χ3n) is 5.14. The Bertz CT molecular complexity index is 1030. The number of hydrogen-bond acceptors (Lipinski definition) is 5. The number of hydrogen-bond donors (Lipinski definition) is 2. The second-order valence-corrected chi connectivity index (χ2v) is 8.61. The minimum absolute atomic E-state index is 0.257. The van der Waals surface area contributed by atoms with Gasteiger partial charge in [-0.3, -0.25) is 0 Å². The molecule has 31 heavy (non-hydrogen) atoms. The van der Waals surface area contributed by atoms with E-state index in [0.717, 1.165) is 41.5 Å². The smallest absolute Gasteiger partial charge is 0.319 e. The van der Waals surface area contributed by atoms with Crippen LogP contribution in [0.5, 0.6) is 0 Å². The molecule has 2 N–H and O–H groups in total. The number of oxazole rings is 1. The van der Waals surface area contributed by atoms with Gasteiger partial charge in [-0.25, -0.2) is 14.2 Å².